The van der Waals surface area contributed by atoms with Crippen LogP contribution in [0.25, 0.3) is 0 Å². The minimum absolute atomic E-state index is 0.103. The molecule has 0 aromatic heterocycles. The van der Waals surface area contributed by atoms with Gasteiger partial charge in [-0.1, -0.05) is 25.4 Å². The Labute approximate surface area is 124 Å². The lowest BCUT2D eigenvalue weighted by Crippen LogP contribution is -2.53. The van der Waals surface area contributed by atoms with Crippen molar-refractivity contribution in [3.63, 3.8) is 0 Å². The van der Waals surface area contributed by atoms with Crippen molar-refractivity contribution in [1.82, 2.24) is 5.32 Å². The summed E-state index contributed by atoms with van der Waals surface area (Å²) >= 11 is 5.92. The third-order valence-corrected chi connectivity index (χ3v) is 3.99. The zero-order chi connectivity index (χ0) is 14.8. The predicted octanol–water partition coefficient (Wildman–Crippen LogP) is 2.93. The van der Waals surface area contributed by atoms with Crippen LogP contribution >= 0.6 is 11.6 Å². The SMILES string of the molecule is CC1(C)CCCNC1C(=O)Nc1cc(Cl)ccc1C#N. The van der Waals surface area contributed by atoms with Gasteiger partial charge in [0.15, 0.2) is 0 Å². The summed E-state index contributed by atoms with van der Waals surface area (Å²) in [5.74, 6) is -0.117. The highest BCUT2D eigenvalue weighted by Crippen LogP contribution is 2.31. The normalized spacial score (nSPS) is 21.0. The lowest BCUT2D eigenvalue weighted by Gasteiger charge is -2.38. The molecule has 106 valence electrons. The molecule has 0 saturated carbocycles. The maximum atomic E-state index is 12.4. The summed E-state index contributed by atoms with van der Waals surface area (Å²) in [4.78, 5) is 12.4. The van der Waals surface area contributed by atoms with Gasteiger partial charge in [-0.25, -0.2) is 0 Å². The standard InChI is InChI=1S/C15H18ClN3O/c1-15(2)6-3-7-18-13(15)14(20)19-12-8-11(16)5-4-10(12)9-17/h4-5,8,13,18H,3,6-7H2,1-2H3,(H,19,20). The molecular formula is C15H18ClN3O. The van der Waals surface area contributed by atoms with E-state index >= 15 is 0 Å². The lowest BCUT2D eigenvalue weighted by atomic mass is 9.77. The van der Waals surface area contributed by atoms with Gasteiger partial charge in [0.05, 0.1) is 17.3 Å². The molecule has 1 unspecified atom stereocenters. The Morgan fingerprint density at radius 3 is 2.95 bits per heavy atom. The van der Waals surface area contributed by atoms with Crippen LogP contribution in [0.15, 0.2) is 18.2 Å². The molecule has 2 rings (SSSR count). The van der Waals surface area contributed by atoms with E-state index in [1.54, 1.807) is 18.2 Å². The van der Waals surface area contributed by atoms with Gasteiger partial charge in [-0.3, -0.25) is 4.79 Å². The van der Waals surface area contributed by atoms with Crippen LogP contribution in [-0.4, -0.2) is 18.5 Å². The molecule has 1 saturated heterocycles. The fraction of sp³-hybridized carbons (Fsp3) is 0.467. The van der Waals surface area contributed by atoms with E-state index < -0.39 is 0 Å². The summed E-state index contributed by atoms with van der Waals surface area (Å²) in [6.45, 7) is 4.99. The zero-order valence-electron chi connectivity index (χ0n) is 11.7. The number of hydrogen-bond donors (Lipinski definition) is 2. The average molecular weight is 292 g/mol. The Morgan fingerprint density at radius 2 is 2.30 bits per heavy atom. The van der Waals surface area contributed by atoms with Crippen molar-refractivity contribution in [2.45, 2.75) is 32.7 Å². The second-order valence-corrected chi connectivity index (χ2v) is 6.21. The molecule has 1 amide bonds. The molecule has 0 bridgehead atoms. The van der Waals surface area contributed by atoms with E-state index in [4.69, 9.17) is 16.9 Å². The van der Waals surface area contributed by atoms with E-state index in [1.165, 1.54) is 0 Å². The van der Waals surface area contributed by atoms with Crippen molar-refractivity contribution in [3.8, 4) is 6.07 Å². The fourth-order valence-electron chi connectivity index (χ4n) is 2.58. The van der Waals surface area contributed by atoms with Gasteiger partial charge in [-0.05, 0) is 43.0 Å². The number of nitrogens with one attached hydrogen (secondary N) is 2. The van der Waals surface area contributed by atoms with E-state index in [-0.39, 0.29) is 17.4 Å². The van der Waals surface area contributed by atoms with Crippen molar-refractivity contribution in [2.24, 2.45) is 5.41 Å². The molecule has 1 aliphatic rings. The van der Waals surface area contributed by atoms with Crippen LogP contribution in [-0.2, 0) is 4.79 Å². The Kier molecular flexibility index (Phi) is 4.32. The summed E-state index contributed by atoms with van der Waals surface area (Å²) in [5.41, 5.74) is 0.776. The number of amides is 1. The van der Waals surface area contributed by atoms with Crippen LogP contribution in [0.5, 0.6) is 0 Å². The van der Waals surface area contributed by atoms with E-state index in [2.05, 4.69) is 30.6 Å². The molecule has 0 spiro atoms. The van der Waals surface area contributed by atoms with Crippen molar-refractivity contribution < 1.29 is 4.79 Å². The highest BCUT2D eigenvalue weighted by atomic mass is 35.5. The summed E-state index contributed by atoms with van der Waals surface area (Å²) in [6, 6.07) is 6.65. The number of rotatable bonds is 2. The van der Waals surface area contributed by atoms with Crippen LogP contribution in [0.4, 0.5) is 5.69 Å². The number of anilines is 1. The van der Waals surface area contributed by atoms with Gasteiger partial charge in [0.2, 0.25) is 5.91 Å². The molecule has 1 aliphatic heterocycles. The first kappa shape index (κ1) is 14.8. The minimum atomic E-state index is -0.262. The largest absolute Gasteiger partial charge is 0.323 e. The number of nitriles is 1. The van der Waals surface area contributed by atoms with Gasteiger partial charge >= 0.3 is 0 Å². The molecule has 1 aromatic carbocycles. The topological polar surface area (TPSA) is 64.9 Å². The number of carbonyl (C=O) groups is 1. The fourth-order valence-corrected chi connectivity index (χ4v) is 2.75. The highest BCUT2D eigenvalue weighted by molar-refractivity contribution is 6.31. The summed E-state index contributed by atoms with van der Waals surface area (Å²) in [6.07, 6.45) is 2.07. The van der Waals surface area contributed by atoms with E-state index in [1.807, 2.05) is 0 Å². The lowest BCUT2D eigenvalue weighted by molar-refractivity contribution is -0.121. The predicted molar refractivity (Wildman–Crippen MR) is 79.6 cm³/mol. The number of nitrogens with zero attached hydrogens (tertiary/aromatic N) is 1. The van der Waals surface area contributed by atoms with Gasteiger partial charge in [-0.15, -0.1) is 0 Å². The Bertz CT molecular complexity index is 563. The van der Waals surface area contributed by atoms with E-state index in [0.717, 1.165) is 19.4 Å². The maximum absolute atomic E-state index is 12.4. The molecular weight excluding hydrogens is 274 g/mol. The first-order chi connectivity index (χ1) is 9.44. The Balaban J connectivity index is 2.20. The van der Waals surface area contributed by atoms with Gasteiger partial charge in [-0.2, -0.15) is 5.26 Å². The van der Waals surface area contributed by atoms with Gasteiger partial charge in [0, 0.05) is 5.02 Å². The van der Waals surface area contributed by atoms with Crippen LogP contribution in [0.1, 0.15) is 32.3 Å². The first-order valence-corrected chi connectivity index (χ1v) is 7.06. The molecule has 2 N–H and O–H groups in total. The van der Waals surface area contributed by atoms with Crippen molar-refractivity contribution >= 4 is 23.2 Å². The molecule has 5 heteroatoms. The monoisotopic (exact) mass is 291 g/mol. The average Bonchev–Trinajstić information content (AvgIpc) is 2.38. The molecule has 1 fully saturated rings. The first-order valence-electron chi connectivity index (χ1n) is 6.68. The zero-order valence-corrected chi connectivity index (χ0v) is 12.4. The summed E-state index contributed by atoms with van der Waals surface area (Å²) in [7, 11) is 0. The van der Waals surface area contributed by atoms with Crippen LogP contribution in [0, 0.1) is 16.7 Å². The quantitative estimate of drug-likeness (QED) is 0.880. The van der Waals surface area contributed by atoms with E-state index in [9.17, 15) is 4.79 Å². The number of carbonyl (C=O) groups excluding carboxylic acids is 1. The van der Waals surface area contributed by atoms with Crippen molar-refractivity contribution in [1.29, 1.82) is 5.26 Å². The highest BCUT2D eigenvalue weighted by Gasteiger charge is 2.37. The third kappa shape index (κ3) is 3.12. The summed E-state index contributed by atoms with van der Waals surface area (Å²) < 4.78 is 0. The minimum Gasteiger partial charge on any atom is -0.323 e. The molecule has 20 heavy (non-hydrogen) atoms. The number of benzene rings is 1. The van der Waals surface area contributed by atoms with Crippen LogP contribution in [0.3, 0.4) is 0 Å². The number of halogens is 1. The smallest absolute Gasteiger partial charge is 0.242 e. The molecule has 0 radical (unpaired) electrons. The van der Waals surface area contributed by atoms with Gasteiger partial charge < -0.3 is 10.6 Å². The molecule has 1 aromatic rings. The molecule has 1 heterocycles. The second kappa shape index (κ2) is 5.82. The number of hydrogen-bond acceptors (Lipinski definition) is 3. The number of piperidine rings is 1. The van der Waals surface area contributed by atoms with Gasteiger partial charge in [0.1, 0.15) is 6.07 Å². The van der Waals surface area contributed by atoms with Crippen LogP contribution < -0.4 is 10.6 Å². The van der Waals surface area contributed by atoms with Crippen LogP contribution in [0.2, 0.25) is 5.02 Å². The molecule has 1 atom stereocenters. The van der Waals surface area contributed by atoms with Gasteiger partial charge in [0.25, 0.3) is 0 Å². The molecule has 0 aliphatic carbocycles. The summed E-state index contributed by atoms with van der Waals surface area (Å²) in [5, 5.41) is 15.6. The maximum Gasteiger partial charge on any atom is 0.242 e. The van der Waals surface area contributed by atoms with Crippen molar-refractivity contribution in [2.75, 3.05) is 11.9 Å². The van der Waals surface area contributed by atoms with E-state index in [0.29, 0.717) is 16.3 Å². The Morgan fingerprint density at radius 1 is 1.55 bits per heavy atom. The van der Waals surface area contributed by atoms with Crippen molar-refractivity contribution in [3.05, 3.63) is 28.8 Å². The second-order valence-electron chi connectivity index (χ2n) is 5.77. The molecule has 4 nitrogen and oxygen atoms in total. The third-order valence-electron chi connectivity index (χ3n) is 3.75. The Hall–Kier alpha value is -1.57.